The van der Waals surface area contributed by atoms with Crippen LogP contribution in [0.5, 0.6) is 0 Å². The van der Waals surface area contributed by atoms with Gasteiger partial charge in [-0.05, 0) is 19.1 Å². The van der Waals surface area contributed by atoms with Gasteiger partial charge < -0.3 is 0 Å². The van der Waals surface area contributed by atoms with Crippen LogP contribution < -0.4 is 5.56 Å². The number of aryl methyl sites for hydroxylation is 1. The molecular formula is C11H9N3O2. The van der Waals surface area contributed by atoms with Crippen LogP contribution in [-0.4, -0.2) is 20.8 Å². The van der Waals surface area contributed by atoms with Gasteiger partial charge in [0, 0.05) is 6.20 Å². The third kappa shape index (κ3) is 1.75. The molecule has 0 radical (unpaired) electrons. The predicted molar refractivity (Wildman–Crippen MR) is 57.8 cm³/mol. The predicted octanol–water partition coefficient (Wildman–Crippen LogP) is 0.748. The molecule has 80 valence electrons. The van der Waals surface area contributed by atoms with Crippen LogP contribution in [0.2, 0.25) is 0 Å². The van der Waals surface area contributed by atoms with E-state index in [0.29, 0.717) is 17.8 Å². The molecule has 0 N–H and O–H groups in total. The molecule has 0 saturated carbocycles. The quantitative estimate of drug-likeness (QED) is 0.693. The minimum Gasteiger partial charge on any atom is -0.298 e. The molecule has 0 saturated heterocycles. The Morgan fingerprint density at radius 2 is 2.00 bits per heavy atom. The van der Waals surface area contributed by atoms with Crippen LogP contribution in [0.4, 0.5) is 0 Å². The van der Waals surface area contributed by atoms with Gasteiger partial charge in [-0.25, -0.2) is 9.97 Å². The first-order valence-corrected chi connectivity index (χ1v) is 4.68. The van der Waals surface area contributed by atoms with Crippen molar-refractivity contribution < 1.29 is 4.79 Å². The van der Waals surface area contributed by atoms with Crippen molar-refractivity contribution in [1.29, 1.82) is 0 Å². The van der Waals surface area contributed by atoms with Crippen molar-refractivity contribution in [1.82, 2.24) is 14.5 Å². The monoisotopic (exact) mass is 215 g/mol. The van der Waals surface area contributed by atoms with Crippen LogP contribution in [0.3, 0.4) is 0 Å². The van der Waals surface area contributed by atoms with Crippen molar-refractivity contribution in [3.8, 4) is 5.69 Å². The smallest absolute Gasteiger partial charge is 0.265 e. The summed E-state index contributed by atoms with van der Waals surface area (Å²) < 4.78 is 1.34. The third-order valence-corrected chi connectivity index (χ3v) is 2.15. The van der Waals surface area contributed by atoms with E-state index in [-0.39, 0.29) is 11.1 Å². The first-order chi connectivity index (χ1) is 7.72. The highest BCUT2D eigenvalue weighted by Gasteiger charge is 2.04. The van der Waals surface area contributed by atoms with Crippen molar-refractivity contribution in [3.63, 3.8) is 0 Å². The molecule has 2 aromatic rings. The van der Waals surface area contributed by atoms with E-state index in [0.717, 1.165) is 0 Å². The molecule has 0 unspecified atom stereocenters. The lowest BCUT2D eigenvalue weighted by molar-refractivity contribution is 0.112. The number of hydrogen-bond acceptors (Lipinski definition) is 4. The third-order valence-electron chi connectivity index (χ3n) is 2.15. The van der Waals surface area contributed by atoms with Gasteiger partial charge in [-0.15, -0.1) is 0 Å². The van der Waals surface area contributed by atoms with Crippen molar-refractivity contribution in [2.24, 2.45) is 0 Å². The molecule has 0 aliphatic heterocycles. The highest BCUT2D eigenvalue weighted by molar-refractivity contribution is 5.74. The Morgan fingerprint density at radius 3 is 2.62 bits per heavy atom. The van der Waals surface area contributed by atoms with Gasteiger partial charge in [-0.1, -0.05) is 0 Å². The number of nitrogens with zero attached hydrogens (tertiary/aromatic N) is 3. The molecule has 2 aromatic heterocycles. The molecule has 5 heteroatoms. The molecule has 5 nitrogen and oxygen atoms in total. The van der Waals surface area contributed by atoms with Gasteiger partial charge in [-0.3, -0.25) is 14.2 Å². The zero-order valence-electron chi connectivity index (χ0n) is 8.62. The number of pyridine rings is 1. The molecule has 0 bridgehead atoms. The highest BCUT2D eigenvalue weighted by atomic mass is 16.1. The summed E-state index contributed by atoms with van der Waals surface area (Å²) in [6.45, 7) is 1.76. The molecule has 2 rings (SSSR count). The zero-order valence-corrected chi connectivity index (χ0v) is 8.62. The number of aromatic nitrogens is 3. The van der Waals surface area contributed by atoms with Gasteiger partial charge >= 0.3 is 0 Å². The maximum Gasteiger partial charge on any atom is 0.265 e. The van der Waals surface area contributed by atoms with Gasteiger partial charge in [0.25, 0.3) is 5.56 Å². The van der Waals surface area contributed by atoms with E-state index in [4.69, 9.17) is 0 Å². The van der Waals surface area contributed by atoms with Crippen molar-refractivity contribution >= 4 is 6.29 Å². The summed E-state index contributed by atoms with van der Waals surface area (Å²) in [7, 11) is 0. The Kier molecular flexibility index (Phi) is 2.59. The van der Waals surface area contributed by atoms with E-state index < -0.39 is 0 Å². The minimum absolute atomic E-state index is 0.114. The largest absolute Gasteiger partial charge is 0.298 e. The number of carbonyl (C=O) groups is 1. The van der Waals surface area contributed by atoms with E-state index in [1.165, 1.54) is 23.0 Å². The lowest BCUT2D eigenvalue weighted by Crippen LogP contribution is -2.21. The zero-order chi connectivity index (χ0) is 11.5. The Labute approximate surface area is 91.4 Å². The normalized spacial score (nSPS) is 10.1. The molecule has 0 aromatic carbocycles. The lowest BCUT2D eigenvalue weighted by Gasteiger charge is -2.04. The SMILES string of the molecule is Cc1ncc(-n2cccc(C=O)c2=O)cn1. The van der Waals surface area contributed by atoms with E-state index in [1.54, 1.807) is 19.2 Å². The fourth-order valence-corrected chi connectivity index (χ4v) is 1.31. The molecule has 0 fully saturated rings. The molecule has 2 heterocycles. The van der Waals surface area contributed by atoms with E-state index >= 15 is 0 Å². The van der Waals surface area contributed by atoms with Crippen LogP contribution in [0.25, 0.3) is 5.69 Å². The molecule has 0 atom stereocenters. The summed E-state index contributed by atoms with van der Waals surface area (Å²) in [6, 6.07) is 3.10. The van der Waals surface area contributed by atoms with Gasteiger partial charge in [-0.2, -0.15) is 0 Å². The number of carbonyl (C=O) groups excluding carboxylic acids is 1. The van der Waals surface area contributed by atoms with Gasteiger partial charge in [0.1, 0.15) is 5.82 Å². The standard InChI is InChI=1S/C11H9N3O2/c1-8-12-5-10(6-13-8)14-4-2-3-9(7-15)11(14)16/h2-7H,1H3. The summed E-state index contributed by atoms with van der Waals surface area (Å²) in [5.41, 5.74) is 0.285. The van der Waals surface area contributed by atoms with Crippen LogP contribution >= 0.6 is 0 Å². The van der Waals surface area contributed by atoms with Crippen molar-refractivity contribution in [2.75, 3.05) is 0 Å². The second-order valence-corrected chi connectivity index (χ2v) is 3.25. The van der Waals surface area contributed by atoms with Crippen LogP contribution in [-0.2, 0) is 0 Å². The summed E-state index contributed by atoms with van der Waals surface area (Å²) in [5.74, 6) is 0.628. The van der Waals surface area contributed by atoms with Crippen LogP contribution in [0, 0.1) is 6.92 Å². The minimum atomic E-state index is -0.370. The van der Waals surface area contributed by atoms with Gasteiger partial charge in [0.05, 0.1) is 23.6 Å². The molecule has 16 heavy (non-hydrogen) atoms. The van der Waals surface area contributed by atoms with E-state index in [1.807, 2.05) is 0 Å². The average molecular weight is 215 g/mol. The maximum atomic E-state index is 11.8. The molecule has 0 spiro atoms. The Hall–Kier alpha value is -2.30. The fraction of sp³-hybridized carbons (Fsp3) is 0.0909. The van der Waals surface area contributed by atoms with Crippen molar-refractivity contribution in [2.45, 2.75) is 6.92 Å². The maximum absolute atomic E-state index is 11.8. The number of aldehydes is 1. The average Bonchev–Trinajstić information content (AvgIpc) is 2.31. The molecule has 0 aliphatic rings. The van der Waals surface area contributed by atoms with Gasteiger partial charge in [0.15, 0.2) is 6.29 Å². The Bertz CT molecular complexity index is 573. The highest BCUT2D eigenvalue weighted by Crippen LogP contribution is 2.01. The first kappa shape index (κ1) is 10.2. The fourth-order valence-electron chi connectivity index (χ4n) is 1.31. The Balaban J connectivity index is 2.60. The van der Waals surface area contributed by atoms with Gasteiger partial charge in [0.2, 0.25) is 0 Å². The topological polar surface area (TPSA) is 64.8 Å². The number of hydrogen-bond donors (Lipinski definition) is 0. The second kappa shape index (κ2) is 4.06. The molecule has 0 amide bonds. The summed E-state index contributed by atoms with van der Waals surface area (Å²) in [6.07, 6.45) is 5.19. The lowest BCUT2D eigenvalue weighted by atomic mass is 10.3. The molecular weight excluding hydrogens is 206 g/mol. The van der Waals surface area contributed by atoms with Crippen LogP contribution in [0.15, 0.2) is 35.5 Å². The summed E-state index contributed by atoms with van der Waals surface area (Å²) in [4.78, 5) is 30.4. The summed E-state index contributed by atoms with van der Waals surface area (Å²) in [5, 5.41) is 0. The first-order valence-electron chi connectivity index (χ1n) is 4.68. The van der Waals surface area contributed by atoms with Crippen molar-refractivity contribution in [3.05, 3.63) is 52.5 Å². The van der Waals surface area contributed by atoms with Crippen LogP contribution in [0.1, 0.15) is 16.2 Å². The Morgan fingerprint density at radius 1 is 1.31 bits per heavy atom. The van der Waals surface area contributed by atoms with E-state index in [9.17, 15) is 9.59 Å². The molecule has 0 aliphatic carbocycles. The number of rotatable bonds is 2. The second-order valence-electron chi connectivity index (χ2n) is 3.25. The van der Waals surface area contributed by atoms with E-state index in [2.05, 4.69) is 9.97 Å². The summed E-state index contributed by atoms with van der Waals surface area (Å²) >= 11 is 0.